The fourth-order valence-electron chi connectivity index (χ4n) is 2.00. The van der Waals surface area contributed by atoms with Crippen molar-refractivity contribution >= 4 is 16.6 Å². The van der Waals surface area contributed by atoms with Gasteiger partial charge in [-0.3, -0.25) is 0 Å². The summed E-state index contributed by atoms with van der Waals surface area (Å²) in [6.45, 7) is 4.18. The minimum Gasteiger partial charge on any atom is -0.454 e. The molecule has 5 heteroatoms. The molecule has 3 rings (SSSR count). The van der Waals surface area contributed by atoms with Gasteiger partial charge >= 0.3 is 0 Å². The van der Waals surface area contributed by atoms with Gasteiger partial charge in [0, 0.05) is 18.1 Å². The van der Waals surface area contributed by atoms with Crippen molar-refractivity contribution in [3.63, 3.8) is 0 Å². The molecule has 0 atom stereocenters. The summed E-state index contributed by atoms with van der Waals surface area (Å²) >= 11 is 0. The number of aliphatic hydroxyl groups is 1. The Kier molecular flexibility index (Phi) is 2.71. The molecule has 1 aromatic carbocycles. The standard InChI is InChI=1S/C14H16N2O3/c1-14(2,17)7-16-13-10-6-12-11(18-8-19-12)5-9(10)3-4-15-13/h3-6,17H,7-8H2,1-2H3,(H,15,16). The van der Waals surface area contributed by atoms with Crippen molar-refractivity contribution in [1.29, 1.82) is 0 Å². The molecule has 0 saturated carbocycles. The fourth-order valence-corrected chi connectivity index (χ4v) is 2.00. The van der Waals surface area contributed by atoms with E-state index in [1.54, 1.807) is 20.0 Å². The average molecular weight is 260 g/mol. The summed E-state index contributed by atoms with van der Waals surface area (Å²) in [6, 6.07) is 5.78. The van der Waals surface area contributed by atoms with E-state index >= 15 is 0 Å². The van der Waals surface area contributed by atoms with Gasteiger partial charge in [-0.2, -0.15) is 0 Å². The van der Waals surface area contributed by atoms with Gasteiger partial charge < -0.3 is 19.9 Å². The van der Waals surface area contributed by atoms with Crippen LogP contribution in [0, 0.1) is 0 Å². The van der Waals surface area contributed by atoms with Gasteiger partial charge in [0.25, 0.3) is 0 Å². The molecule has 1 aliphatic rings. The number of fused-ring (bicyclic) bond motifs is 2. The third kappa shape index (κ3) is 2.42. The Hall–Kier alpha value is -2.01. The fraction of sp³-hybridized carbons (Fsp3) is 0.357. The highest BCUT2D eigenvalue weighted by molar-refractivity contribution is 5.94. The van der Waals surface area contributed by atoms with Gasteiger partial charge in [-0.05, 0) is 37.4 Å². The van der Waals surface area contributed by atoms with Crippen LogP contribution in [0.3, 0.4) is 0 Å². The second kappa shape index (κ2) is 4.28. The minimum atomic E-state index is -0.791. The highest BCUT2D eigenvalue weighted by atomic mass is 16.7. The Labute approximate surface area is 111 Å². The van der Waals surface area contributed by atoms with Crippen LogP contribution in [0.15, 0.2) is 24.4 Å². The Morgan fingerprint density at radius 1 is 1.32 bits per heavy atom. The summed E-state index contributed by atoms with van der Waals surface area (Å²) in [7, 11) is 0. The van der Waals surface area contributed by atoms with Crippen molar-refractivity contribution in [2.75, 3.05) is 18.7 Å². The van der Waals surface area contributed by atoms with E-state index in [9.17, 15) is 5.11 Å². The molecule has 100 valence electrons. The molecule has 19 heavy (non-hydrogen) atoms. The van der Waals surface area contributed by atoms with E-state index in [2.05, 4.69) is 10.3 Å². The van der Waals surface area contributed by atoms with Crippen molar-refractivity contribution in [3.05, 3.63) is 24.4 Å². The number of aromatic nitrogens is 1. The number of nitrogens with one attached hydrogen (secondary N) is 1. The molecule has 2 aromatic rings. The summed E-state index contributed by atoms with van der Waals surface area (Å²) in [4.78, 5) is 4.32. The van der Waals surface area contributed by atoms with Crippen molar-refractivity contribution in [1.82, 2.24) is 4.98 Å². The maximum Gasteiger partial charge on any atom is 0.231 e. The van der Waals surface area contributed by atoms with Gasteiger partial charge in [0.05, 0.1) is 5.60 Å². The van der Waals surface area contributed by atoms with Gasteiger partial charge in [0.1, 0.15) is 5.82 Å². The molecule has 1 aliphatic heterocycles. The highest BCUT2D eigenvalue weighted by Gasteiger charge is 2.17. The number of rotatable bonds is 3. The van der Waals surface area contributed by atoms with Crippen LogP contribution in [0.2, 0.25) is 0 Å². The number of pyridine rings is 1. The molecular weight excluding hydrogens is 244 g/mol. The zero-order valence-electron chi connectivity index (χ0n) is 10.9. The molecule has 1 aromatic heterocycles. The first-order valence-corrected chi connectivity index (χ1v) is 6.17. The van der Waals surface area contributed by atoms with Crippen LogP contribution in [-0.4, -0.2) is 29.0 Å². The van der Waals surface area contributed by atoms with Crippen LogP contribution in [0.25, 0.3) is 10.8 Å². The third-order valence-corrected chi connectivity index (χ3v) is 2.95. The molecule has 2 heterocycles. The number of nitrogens with zero attached hydrogens (tertiary/aromatic N) is 1. The van der Waals surface area contributed by atoms with E-state index in [4.69, 9.17) is 9.47 Å². The second-order valence-corrected chi connectivity index (χ2v) is 5.25. The quantitative estimate of drug-likeness (QED) is 0.885. The molecule has 0 unspecified atom stereocenters. The lowest BCUT2D eigenvalue weighted by Gasteiger charge is -2.18. The molecule has 0 radical (unpaired) electrons. The number of hydrogen-bond acceptors (Lipinski definition) is 5. The molecule has 0 saturated heterocycles. The summed E-state index contributed by atoms with van der Waals surface area (Å²) in [5, 5.41) is 14.9. The van der Waals surface area contributed by atoms with Crippen LogP contribution >= 0.6 is 0 Å². The Morgan fingerprint density at radius 2 is 2.05 bits per heavy atom. The van der Waals surface area contributed by atoms with E-state index in [0.29, 0.717) is 6.54 Å². The first-order chi connectivity index (χ1) is 9.03. The zero-order chi connectivity index (χ0) is 13.5. The minimum absolute atomic E-state index is 0.255. The molecule has 0 aliphatic carbocycles. The van der Waals surface area contributed by atoms with Crippen LogP contribution in [0.5, 0.6) is 11.5 Å². The van der Waals surface area contributed by atoms with Gasteiger partial charge in [-0.25, -0.2) is 4.98 Å². The average Bonchev–Trinajstić information content (AvgIpc) is 2.79. The van der Waals surface area contributed by atoms with Gasteiger partial charge in [-0.1, -0.05) is 0 Å². The number of ether oxygens (including phenoxy) is 2. The Morgan fingerprint density at radius 3 is 2.79 bits per heavy atom. The maximum absolute atomic E-state index is 9.77. The smallest absolute Gasteiger partial charge is 0.231 e. The van der Waals surface area contributed by atoms with Crippen molar-refractivity contribution in [2.45, 2.75) is 19.4 Å². The molecule has 2 N–H and O–H groups in total. The molecule has 0 amide bonds. The number of hydrogen-bond donors (Lipinski definition) is 2. The third-order valence-electron chi connectivity index (χ3n) is 2.95. The van der Waals surface area contributed by atoms with E-state index in [0.717, 1.165) is 28.1 Å². The summed E-state index contributed by atoms with van der Waals surface area (Å²) in [5.74, 6) is 2.22. The molecule has 0 bridgehead atoms. The van der Waals surface area contributed by atoms with Crippen LogP contribution in [-0.2, 0) is 0 Å². The van der Waals surface area contributed by atoms with Crippen LogP contribution in [0.4, 0.5) is 5.82 Å². The first-order valence-electron chi connectivity index (χ1n) is 6.17. The topological polar surface area (TPSA) is 63.6 Å². The van der Waals surface area contributed by atoms with Crippen molar-refractivity contribution in [3.8, 4) is 11.5 Å². The summed E-state index contributed by atoms with van der Waals surface area (Å²) in [5.41, 5.74) is -0.791. The van der Waals surface area contributed by atoms with E-state index in [-0.39, 0.29) is 6.79 Å². The Balaban J connectivity index is 2.00. The van der Waals surface area contributed by atoms with Crippen LogP contribution in [0.1, 0.15) is 13.8 Å². The molecule has 0 fully saturated rings. The number of anilines is 1. The number of benzene rings is 1. The van der Waals surface area contributed by atoms with Gasteiger partial charge in [-0.15, -0.1) is 0 Å². The Bertz CT molecular complexity index is 620. The van der Waals surface area contributed by atoms with Gasteiger partial charge in [0.15, 0.2) is 11.5 Å². The molecule has 5 nitrogen and oxygen atoms in total. The predicted molar refractivity (Wildman–Crippen MR) is 72.7 cm³/mol. The largest absolute Gasteiger partial charge is 0.454 e. The highest BCUT2D eigenvalue weighted by Crippen LogP contribution is 2.37. The van der Waals surface area contributed by atoms with E-state index in [1.807, 2.05) is 18.2 Å². The lowest BCUT2D eigenvalue weighted by molar-refractivity contribution is 0.0944. The summed E-state index contributed by atoms with van der Waals surface area (Å²) < 4.78 is 10.7. The molecule has 0 spiro atoms. The summed E-state index contributed by atoms with van der Waals surface area (Å²) in [6.07, 6.45) is 1.73. The predicted octanol–water partition coefficient (Wildman–Crippen LogP) is 2.15. The SMILES string of the molecule is CC(C)(O)CNc1nccc2cc3c(cc12)OCO3. The van der Waals surface area contributed by atoms with Crippen LogP contribution < -0.4 is 14.8 Å². The van der Waals surface area contributed by atoms with Gasteiger partial charge in [0.2, 0.25) is 6.79 Å². The first kappa shape index (κ1) is 12.0. The lowest BCUT2D eigenvalue weighted by Crippen LogP contribution is -2.29. The van der Waals surface area contributed by atoms with Crippen molar-refractivity contribution in [2.24, 2.45) is 0 Å². The normalized spacial score (nSPS) is 13.8. The second-order valence-electron chi connectivity index (χ2n) is 5.25. The maximum atomic E-state index is 9.77. The monoisotopic (exact) mass is 260 g/mol. The van der Waals surface area contributed by atoms with E-state index < -0.39 is 5.60 Å². The molecular formula is C14H16N2O3. The van der Waals surface area contributed by atoms with E-state index in [1.165, 1.54) is 0 Å². The lowest BCUT2D eigenvalue weighted by atomic mass is 10.1. The van der Waals surface area contributed by atoms with Crippen molar-refractivity contribution < 1.29 is 14.6 Å². The zero-order valence-corrected chi connectivity index (χ0v) is 10.9.